The number of nitrogens with one attached hydrogen (secondary N) is 1. The number of para-hydroxylation sites is 2. The van der Waals surface area contributed by atoms with E-state index in [-0.39, 0.29) is 17.2 Å². The number of anilines is 1. The lowest BCUT2D eigenvalue weighted by Crippen LogP contribution is -2.40. The highest BCUT2D eigenvalue weighted by Crippen LogP contribution is 2.32. The van der Waals surface area contributed by atoms with E-state index in [0.717, 1.165) is 11.1 Å². The molecule has 0 saturated heterocycles. The molecular formula is C29H25N3O4S. The van der Waals surface area contributed by atoms with E-state index < -0.39 is 6.04 Å². The fourth-order valence-corrected chi connectivity index (χ4v) is 5.40. The lowest BCUT2D eigenvalue weighted by atomic mass is 9.94. The lowest BCUT2D eigenvalue weighted by molar-refractivity contribution is -0.113. The van der Waals surface area contributed by atoms with Crippen molar-refractivity contribution in [1.82, 2.24) is 4.57 Å². The Morgan fingerprint density at radius 3 is 2.49 bits per heavy atom. The summed E-state index contributed by atoms with van der Waals surface area (Å²) >= 11 is 1.21. The fraction of sp³-hybridized carbons (Fsp3) is 0.138. The summed E-state index contributed by atoms with van der Waals surface area (Å²) < 4.78 is 7.15. The van der Waals surface area contributed by atoms with Gasteiger partial charge >= 0.3 is 0 Å². The van der Waals surface area contributed by atoms with E-state index in [2.05, 4.69) is 10.3 Å². The SMILES string of the molecule is COc1cccc(/C=c2\sc3n(c2=O)[C@H](c2ccc(C)cc2)C(C(=O)Nc2ccccc2)=C(C)N=3)c1O. The molecule has 0 unspecified atom stereocenters. The summed E-state index contributed by atoms with van der Waals surface area (Å²) in [5, 5.41) is 13.5. The van der Waals surface area contributed by atoms with Gasteiger partial charge in [0.25, 0.3) is 11.5 Å². The number of hydrogen-bond acceptors (Lipinski definition) is 6. The molecule has 3 aromatic carbocycles. The summed E-state index contributed by atoms with van der Waals surface area (Å²) in [6.07, 6.45) is 1.62. The first-order valence-electron chi connectivity index (χ1n) is 11.7. The Morgan fingerprint density at radius 1 is 1.05 bits per heavy atom. The number of methoxy groups -OCH3 is 1. The maximum Gasteiger partial charge on any atom is 0.271 e. The van der Waals surface area contributed by atoms with Crippen LogP contribution in [0.15, 0.2) is 93.9 Å². The summed E-state index contributed by atoms with van der Waals surface area (Å²) in [5.74, 6) is -0.0578. The van der Waals surface area contributed by atoms with Crippen LogP contribution in [0.3, 0.4) is 0 Å². The molecule has 1 aliphatic rings. The number of carbonyl (C=O) groups is 1. The number of benzene rings is 3. The van der Waals surface area contributed by atoms with Gasteiger partial charge in [-0.15, -0.1) is 0 Å². The number of aromatic hydroxyl groups is 1. The number of ether oxygens (including phenoxy) is 1. The molecular weight excluding hydrogens is 486 g/mol. The first kappa shape index (κ1) is 24.3. The number of allylic oxidation sites excluding steroid dienone is 1. The second kappa shape index (κ2) is 9.91. The third-order valence-electron chi connectivity index (χ3n) is 6.23. The molecule has 1 aliphatic heterocycles. The van der Waals surface area contributed by atoms with Crippen LogP contribution < -0.4 is 24.9 Å². The molecule has 7 nitrogen and oxygen atoms in total. The molecule has 0 aliphatic carbocycles. The number of amides is 1. The van der Waals surface area contributed by atoms with Gasteiger partial charge in [-0.2, -0.15) is 0 Å². The topological polar surface area (TPSA) is 92.9 Å². The standard InChI is InChI=1S/C29H25N3O4S/c1-17-12-14-19(15-13-17)25-24(27(34)31-21-9-5-4-6-10-21)18(2)30-29-32(25)28(35)23(37-29)16-20-8-7-11-22(36-3)26(20)33/h4-16,25,33H,1-3H3,(H,31,34)/b23-16-/t25-/m1/s1. The third kappa shape index (κ3) is 4.59. The van der Waals surface area contributed by atoms with Crippen LogP contribution in [-0.4, -0.2) is 22.7 Å². The van der Waals surface area contributed by atoms with Crippen molar-refractivity contribution in [3.8, 4) is 11.5 Å². The minimum absolute atomic E-state index is 0.0509. The number of carbonyl (C=O) groups excluding carboxylic acids is 1. The number of nitrogens with zero attached hydrogens (tertiary/aromatic N) is 2. The minimum Gasteiger partial charge on any atom is -0.504 e. The maximum atomic E-state index is 13.8. The van der Waals surface area contributed by atoms with E-state index in [1.807, 2.05) is 61.5 Å². The molecule has 1 atom stereocenters. The first-order valence-corrected chi connectivity index (χ1v) is 12.5. The zero-order valence-electron chi connectivity index (χ0n) is 20.6. The molecule has 1 amide bonds. The van der Waals surface area contributed by atoms with Crippen molar-refractivity contribution in [1.29, 1.82) is 0 Å². The van der Waals surface area contributed by atoms with Gasteiger partial charge in [-0.05, 0) is 43.7 Å². The molecule has 0 saturated carbocycles. The molecule has 0 fully saturated rings. The Morgan fingerprint density at radius 2 is 1.78 bits per heavy atom. The van der Waals surface area contributed by atoms with Gasteiger partial charge in [-0.25, -0.2) is 4.99 Å². The molecule has 2 N–H and O–H groups in total. The van der Waals surface area contributed by atoms with Gasteiger partial charge in [-0.1, -0.05) is 71.5 Å². The van der Waals surface area contributed by atoms with Gasteiger partial charge in [0.15, 0.2) is 16.3 Å². The van der Waals surface area contributed by atoms with Crippen molar-refractivity contribution < 1.29 is 14.6 Å². The molecule has 0 bridgehead atoms. The van der Waals surface area contributed by atoms with Crippen molar-refractivity contribution in [2.24, 2.45) is 4.99 Å². The zero-order chi connectivity index (χ0) is 26.1. The summed E-state index contributed by atoms with van der Waals surface area (Å²) in [6.45, 7) is 3.77. The van der Waals surface area contributed by atoms with Crippen LogP contribution >= 0.6 is 11.3 Å². The fourth-order valence-electron chi connectivity index (χ4n) is 4.36. The average Bonchev–Trinajstić information content (AvgIpc) is 3.19. The van der Waals surface area contributed by atoms with Gasteiger partial charge in [-0.3, -0.25) is 14.2 Å². The van der Waals surface area contributed by atoms with Gasteiger partial charge in [0, 0.05) is 11.3 Å². The van der Waals surface area contributed by atoms with Crippen LogP contribution in [0.1, 0.15) is 29.7 Å². The van der Waals surface area contributed by atoms with E-state index in [0.29, 0.717) is 37.6 Å². The number of fused-ring (bicyclic) bond motifs is 1. The van der Waals surface area contributed by atoms with E-state index in [4.69, 9.17) is 4.74 Å². The molecule has 2 heterocycles. The average molecular weight is 512 g/mol. The lowest BCUT2D eigenvalue weighted by Gasteiger charge is -2.25. The highest BCUT2D eigenvalue weighted by atomic mass is 32.1. The van der Waals surface area contributed by atoms with E-state index >= 15 is 0 Å². The van der Waals surface area contributed by atoms with Crippen LogP contribution in [0.25, 0.3) is 6.08 Å². The van der Waals surface area contributed by atoms with Gasteiger partial charge in [0.05, 0.1) is 29.0 Å². The minimum atomic E-state index is -0.665. The molecule has 8 heteroatoms. The number of rotatable bonds is 5. The summed E-state index contributed by atoms with van der Waals surface area (Å²) in [4.78, 5) is 32.5. The summed E-state index contributed by atoms with van der Waals surface area (Å²) in [7, 11) is 1.47. The van der Waals surface area contributed by atoms with E-state index in [1.165, 1.54) is 18.4 Å². The van der Waals surface area contributed by atoms with Crippen LogP contribution in [0.5, 0.6) is 11.5 Å². The van der Waals surface area contributed by atoms with E-state index in [9.17, 15) is 14.7 Å². The van der Waals surface area contributed by atoms with Crippen LogP contribution in [0.4, 0.5) is 5.69 Å². The van der Waals surface area contributed by atoms with Crippen LogP contribution in [0, 0.1) is 6.92 Å². The Hall–Kier alpha value is -4.43. The molecule has 4 aromatic rings. The highest BCUT2D eigenvalue weighted by Gasteiger charge is 2.32. The Labute approximate surface area is 217 Å². The number of phenolic OH excluding ortho intramolecular Hbond substituents is 1. The Kier molecular flexibility index (Phi) is 6.50. The van der Waals surface area contributed by atoms with Gasteiger partial charge < -0.3 is 15.2 Å². The molecule has 186 valence electrons. The largest absolute Gasteiger partial charge is 0.504 e. The monoisotopic (exact) mass is 511 g/mol. The molecule has 5 rings (SSSR count). The summed E-state index contributed by atoms with van der Waals surface area (Å²) in [5.41, 5.74) is 3.62. The quantitative estimate of drug-likeness (QED) is 0.425. The van der Waals surface area contributed by atoms with Gasteiger partial charge in [0.2, 0.25) is 0 Å². The number of hydrogen-bond donors (Lipinski definition) is 2. The van der Waals surface area contributed by atoms with E-state index in [1.54, 1.807) is 35.8 Å². The van der Waals surface area contributed by atoms with Crippen molar-refractivity contribution in [3.63, 3.8) is 0 Å². The first-order chi connectivity index (χ1) is 17.9. The van der Waals surface area contributed by atoms with Crippen LogP contribution in [0.2, 0.25) is 0 Å². The van der Waals surface area contributed by atoms with Crippen molar-refractivity contribution in [2.45, 2.75) is 19.9 Å². The second-order valence-electron chi connectivity index (χ2n) is 8.71. The number of phenols is 1. The van der Waals surface area contributed by atoms with Crippen molar-refractivity contribution >= 4 is 29.0 Å². The third-order valence-corrected chi connectivity index (χ3v) is 7.21. The number of aryl methyl sites for hydroxylation is 1. The summed E-state index contributed by atoms with van der Waals surface area (Å²) in [6, 6.07) is 21.4. The Bertz CT molecular complexity index is 1700. The Balaban J connectivity index is 1.69. The second-order valence-corrected chi connectivity index (χ2v) is 9.72. The zero-order valence-corrected chi connectivity index (χ0v) is 21.4. The highest BCUT2D eigenvalue weighted by molar-refractivity contribution is 7.07. The van der Waals surface area contributed by atoms with Crippen molar-refractivity contribution in [2.75, 3.05) is 12.4 Å². The molecule has 0 spiro atoms. The smallest absolute Gasteiger partial charge is 0.271 e. The number of aromatic nitrogens is 1. The maximum absolute atomic E-state index is 13.8. The normalized spacial score (nSPS) is 15.2. The van der Waals surface area contributed by atoms with Crippen molar-refractivity contribution in [3.05, 3.63) is 120 Å². The predicted molar refractivity (Wildman–Crippen MR) is 145 cm³/mol. The number of thiazole rings is 1. The molecule has 0 radical (unpaired) electrons. The molecule has 37 heavy (non-hydrogen) atoms. The van der Waals surface area contributed by atoms with Crippen LogP contribution in [-0.2, 0) is 4.79 Å². The van der Waals surface area contributed by atoms with Gasteiger partial charge in [0.1, 0.15) is 0 Å². The predicted octanol–water partition coefficient (Wildman–Crippen LogP) is 3.90. The molecule has 1 aromatic heterocycles.